The zero-order chi connectivity index (χ0) is 23.4. The predicted octanol–water partition coefficient (Wildman–Crippen LogP) is 6.90. The highest BCUT2D eigenvalue weighted by Crippen LogP contribution is 2.28. The first-order valence-electron chi connectivity index (χ1n) is 11.5. The zero-order valence-corrected chi connectivity index (χ0v) is 19.6. The Labute approximate surface area is 194 Å². The number of hydrogen-bond acceptors (Lipinski definition) is 4. The molecule has 5 heteroatoms. The molecule has 0 fully saturated rings. The molecule has 170 valence electrons. The summed E-state index contributed by atoms with van der Waals surface area (Å²) in [6.07, 6.45) is 2.03. The van der Waals surface area contributed by atoms with Gasteiger partial charge in [-0.3, -0.25) is 4.79 Å². The Balaban J connectivity index is 1.44. The van der Waals surface area contributed by atoms with Crippen molar-refractivity contribution in [3.05, 3.63) is 77.4 Å². The van der Waals surface area contributed by atoms with Crippen molar-refractivity contribution in [2.24, 2.45) is 0 Å². The molecule has 0 aliphatic rings. The van der Waals surface area contributed by atoms with Gasteiger partial charge in [0, 0.05) is 11.3 Å². The number of oxazole rings is 1. The third kappa shape index (κ3) is 5.25. The van der Waals surface area contributed by atoms with Crippen LogP contribution in [-0.4, -0.2) is 17.5 Å². The van der Waals surface area contributed by atoms with Crippen LogP contribution in [0.25, 0.3) is 22.6 Å². The molecule has 1 aromatic heterocycles. The number of nitrogens with zero attached hydrogens (tertiary/aromatic N) is 1. The van der Waals surface area contributed by atoms with Gasteiger partial charge in [-0.2, -0.15) is 0 Å². The van der Waals surface area contributed by atoms with Gasteiger partial charge < -0.3 is 14.5 Å². The molecule has 0 saturated heterocycles. The molecule has 3 aromatic carbocycles. The first-order valence-corrected chi connectivity index (χ1v) is 11.5. The summed E-state index contributed by atoms with van der Waals surface area (Å²) in [5, 5.41) is 2.95. The SMILES string of the molecule is CCc1ccc2oc(-c3ccc(C)c(NC(=O)COc4ccc(C(C)CC)cc4)c3)nc2c1. The van der Waals surface area contributed by atoms with Crippen LogP contribution in [0.2, 0.25) is 0 Å². The monoisotopic (exact) mass is 442 g/mol. The number of benzene rings is 3. The molecule has 1 amide bonds. The molecule has 0 radical (unpaired) electrons. The summed E-state index contributed by atoms with van der Waals surface area (Å²) in [4.78, 5) is 17.2. The minimum Gasteiger partial charge on any atom is -0.484 e. The Morgan fingerprint density at radius 3 is 2.58 bits per heavy atom. The van der Waals surface area contributed by atoms with Crippen molar-refractivity contribution in [3.63, 3.8) is 0 Å². The fourth-order valence-corrected chi connectivity index (χ4v) is 3.67. The van der Waals surface area contributed by atoms with E-state index in [0.29, 0.717) is 23.2 Å². The number of rotatable bonds is 8. The molecule has 0 spiro atoms. The van der Waals surface area contributed by atoms with Gasteiger partial charge in [0.2, 0.25) is 5.89 Å². The van der Waals surface area contributed by atoms with Crippen LogP contribution in [0.15, 0.2) is 65.1 Å². The number of carbonyl (C=O) groups excluding carboxylic acids is 1. The van der Waals surface area contributed by atoms with Gasteiger partial charge in [-0.15, -0.1) is 0 Å². The van der Waals surface area contributed by atoms with Gasteiger partial charge in [0.1, 0.15) is 11.3 Å². The van der Waals surface area contributed by atoms with Crippen LogP contribution in [0, 0.1) is 6.92 Å². The van der Waals surface area contributed by atoms with E-state index >= 15 is 0 Å². The maximum absolute atomic E-state index is 12.5. The lowest BCUT2D eigenvalue weighted by molar-refractivity contribution is -0.118. The fraction of sp³-hybridized carbons (Fsp3) is 0.286. The van der Waals surface area contributed by atoms with Gasteiger partial charge in [0.15, 0.2) is 12.2 Å². The Morgan fingerprint density at radius 1 is 1.06 bits per heavy atom. The topological polar surface area (TPSA) is 64.4 Å². The van der Waals surface area contributed by atoms with Gasteiger partial charge in [0.05, 0.1) is 0 Å². The maximum atomic E-state index is 12.5. The summed E-state index contributed by atoms with van der Waals surface area (Å²) in [6.45, 7) is 8.37. The highest BCUT2D eigenvalue weighted by molar-refractivity contribution is 5.93. The van der Waals surface area contributed by atoms with E-state index in [4.69, 9.17) is 9.15 Å². The summed E-state index contributed by atoms with van der Waals surface area (Å²) in [5.74, 6) is 1.51. The van der Waals surface area contributed by atoms with Crippen molar-refractivity contribution >= 4 is 22.7 Å². The second-order valence-corrected chi connectivity index (χ2v) is 8.42. The lowest BCUT2D eigenvalue weighted by Crippen LogP contribution is -2.20. The van der Waals surface area contributed by atoms with E-state index < -0.39 is 0 Å². The van der Waals surface area contributed by atoms with Crippen LogP contribution >= 0.6 is 0 Å². The van der Waals surface area contributed by atoms with Gasteiger partial charge in [0.25, 0.3) is 5.91 Å². The zero-order valence-electron chi connectivity index (χ0n) is 19.6. The number of aryl methyl sites for hydroxylation is 2. The van der Waals surface area contributed by atoms with Gasteiger partial charge >= 0.3 is 0 Å². The largest absolute Gasteiger partial charge is 0.484 e. The Kier molecular flexibility index (Phi) is 6.78. The molecular formula is C28H30N2O3. The van der Waals surface area contributed by atoms with Crippen molar-refractivity contribution in [2.75, 3.05) is 11.9 Å². The van der Waals surface area contributed by atoms with E-state index in [0.717, 1.165) is 35.1 Å². The number of hydrogen-bond donors (Lipinski definition) is 1. The van der Waals surface area contributed by atoms with E-state index in [1.54, 1.807) is 0 Å². The second kappa shape index (κ2) is 9.90. The summed E-state index contributed by atoms with van der Waals surface area (Å²) in [5.41, 5.74) is 6.55. The lowest BCUT2D eigenvalue weighted by atomic mass is 9.99. The number of aromatic nitrogens is 1. The smallest absolute Gasteiger partial charge is 0.262 e. The molecule has 1 heterocycles. The number of ether oxygens (including phenoxy) is 1. The molecule has 0 bridgehead atoms. The molecule has 0 aliphatic carbocycles. The fourth-order valence-electron chi connectivity index (χ4n) is 3.67. The summed E-state index contributed by atoms with van der Waals surface area (Å²) in [6, 6.07) is 19.8. The molecule has 1 atom stereocenters. The van der Waals surface area contributed by atoms with Crippen LogP contribution in [0.3, 0.4) is 0 Å². The minimum atomic E-state index is -0.216. The van der Waals surface area contributed by atoms with Crippen LogP contribution in [0.5, 0.6) is 5.75 Å². The average Bonchev–Trinajstić information content (AvgIpc) is 3.27. The Morgan fingerprint density at radius 2 is 1.85 bits per heavy atom. The highest BCUT2D eigenvalue weighted by atomic mass is 16.5. The first-order chi connectivity index (χ1) is 16.0. The van der Waals surface area contributed by atoms with Gasteiger partial charge in [-0.25, -0.2) is 4.98 Å². The van der Waals surface area contributed by atoms with Gasteiger partial charge in [-0.1, -0.05) is 45.0 Å². The first kappa shape index (κ1) is 22.6. The second-order valence-electron chi connectivity index (χ2n) is 8.42. The molecule has 1 N–H and O–H groups in total. The molecule has 4 aromatic rings. The number of amides is 1. The van der Waals surface area contributed by atoms with Crippen molar-refractivity contribution < 1.29 is 13.9 Å². The standard InChI is InChI=1S/C28H30N2O3/c1-5-18(3)21-10-12-23(13-11-21)32-17-27(31)29-24-16-22(9-7-19(24)4)28-30-25-15-20(6-2)8-14-26(25)33-28/h7-16,18H,5-6,17H2,1-4H3,(H,29,31). The minimum absolute atomic E-state index is 0.0605. The Hall–Kier alpha value is -3.60. The van der Waals surface area contributed by atoms with Crippen molar-refractivity contribution in [3.8, 4) is 17.2 Å². The summed E-state index contributed by atoms with van der Waals surface area (Å²) in [7, 11) is 0. The van der Waals surface area contributed by atoms with Crippen LogP contribution in [-0.2, 0) is 11.2 Å². The van der Waals surface area contributed by atoms with Crippen molar-refractivity contribution in [1.29, 1.82) is 0 Å². The normalized spacial score (nSPS) is 12.0. The van der Waals surface area contributed by atoms with E-state index in [-0.39, 0.29) is 12.5 Å². The maximum Gasteiger partial charge on any atom is 0.262 e. The molecule has 1 unspecified atom stereocenters. The molecule has 0 saturated carbocycles. The third-order valence-electron chi connectivity index (χ3n) is 6.05. The molecule has 4 rings (SSSR count). The van der Waals surface area contributed by atoms with E-state index in [2.05, 4.69) is 49.3 Å². The summed E-state index contributed by atoms with van der Waals surface area (Å²) < 4.78 is 11.6. The number of anilines is 1. The predicted molar refractivity (Wildman–Crippen MR) is 133 cm³/mol. The van der Waals surface area contributed by atoms with Crippen LogP contribution in [0.1, 0.15) is 49.8 Å². The van der Waals surface area contributed by atoms with Crippen LogP contribution in [0.4, 0.5) is 5.69 Å². The Bertz CT molecular complexity index is 1260. The molecule has 0 aliphatic heterocycles. The average molecular weight is 443 g/mol. The van der Waals surface area contributed by atoms with Crippen molar-refractivity contribution in [1.82, 2.24) is 4.98 Å². The van der Waals surface area contributed by atoms with E-state index in [1.807, 2.05) is 49.4 Å². The molecule has 5 nitrogen and oxygen atoms in total. The van der Waals surface area contributed by atoms with E-state index in [9.17, 15) is 4.79 Å². The van der Waals surface area contributed by atoms with Crippen LogP contribution < -0.4 is 10.1 Å². The quantitative estimate of drug-likeness (QED) is 0.322. The summed E-state index contributed by atoms with van der Waals surface area (Å²) >= 11 is 0. The molecule has 33 heavy (non-hydrogen) atoms. The number of nitrogens with one attached hydrogen (secondary N) is 1. The van der Waals surface area contributed by atoms with Crippen molar-refractivity contribution in [2.45, 2.75) is 46.5 Å². The number of fused-ring (bicyclic) bond motifs is 1. The lowest BCUT2D eigenvalue weighted by Gasteiger charge is -2.12. The number of carbonyl (C=O) groups is 1. The third-order valence-corrected chi connectivity index (χ3v) is 6.05. The van der Waals surface area contributed by atoms with E-state index in [1.165, 1.54) is 11.1 Å². The van der Waals surface area contributed by atoms with Gasteiger partial charge in [-0.05, 0) is 78.8 Å². The highest BCUT2D eigenvalue weighted by Gasteiger charge is 2.12. The molecular weight excluding hydrogens is 412 g/mol.